The minimum absolute atomic E-state index is 0.390. The van der Waals surface area contributed by atoms with Gasteiger partial charge in [0.15, 0.2) is 0 Å². The number of hydrogen-bond acceptors (Lipinski definition) is 5. The number of aryl methyl sites for hydroxylation is 1. The zero-order chi connectivity index (χ0) is 10.6. The Morgan fingerprint density at radius 2 is 2.14 bits per heavy atom. The molecule has 1 rings (SSSR count). The lowest BCUT2D eigenvalue weighted by Crippen LogP contribution is -2.11. The Bertz CT molecular complexity index is 385. The lowest BCUT2D eigenvalue weighted by Gasteiger charge is -1.92. The average molecular weight is 212 g/mol. The third kappa shape index (κ3) is 3.31. The monoisotopic (exact) mass is 212 g/mol. The molecule has 1 heterocycles. The number of carbonyl (C=O) groups excluding carboxylic acids is 2. The Hall–Kier alpha value is -1.76. The molecule has 0 aromatic carbocycles. The van der Waals surface area contributed by atoms with Crippen LogP contribution >= 0.6 is 11.3 Å². The van der Waals surface area contributed by atoms with E-state index >= 15 is 0 Å². The van der Waals surface area contributed by atoms with Gasteiger partial charge in [-0.1, -0.05) is 11.3 Å². The molecule has 6 nitrogen and oxygen atoms in total. The van der Waals surface area contributed by atoms with E-state index in [0.29, 0.717) is 5.13 Å². The van der Waals surface area contributed by atoms with Crippen molar-refractivity contribution < 1.29 is 9.59 Å². The Morgan fingerprint density at radius 1 is 1.43 bits per heavy atom. The highest BCUT2D eigenvalue weighted by molar-refractivity contribution is 7.15. The summed E-state index contributed by atoms with van der Waals surface area (Å²) in [5.41, 5.74) is 4.81. The average Bonchev–Trinajstić information content (AvgIpc) is 2.48. The van der Waals surface area contributed by atoms with E-state index in [2.05, 4.69) is 15.5 Å². The van der Waals surface area contributed by atoms with Gasteiger partial charge in [-0.05, 0) is 6.92 Å². The molecule has 0 atom stereocenters. The summed E-state index contributed by atoms with van der Waals surface area (Å²) in [6, 6.07) is 0. The summed E-state index contributed by atoms with van der Waals surface area (Å²) in [4.78, 5) is 21.3. The van der Waals surface area contributed by atoms with Gasteiger partial charge in [0.2, 0.25) is 16.9 Å². The number of rotatable bonds is 3. The van der Waals surface area contributed by atoms with Crippen LogP contribution < -0.4 is 11.1 Å². The van der Waals surface area contributed by atoms with E-state index in [1.807, 2.05) is 0 Å². The summed E-state index contributed by atoms with van der Waals surface area (Å²) in [5.74, 6) is -1.13. The number of nitrogens with zero attached hydrogens (tertiary/aromatic N) is 2. The molecule has 0 saturated heterocycles. The highest BCUT2D eigenvalue weighted by Crippen LogP contribution is 2.13. The molecule has 7 heteroatoms. The molecule has 0 unspecified atom stereocenters. The zero-order valence-corrected chi connectivity index (χ0v) is 8.17. The second-order valence-corrected chi connectivity index (χ2v) is 3.53. The van der Waals surface area contributed by atoms with Gasteiger partial charge in [-0.15, -0.1) is 10.2 Å². The van der Waals surface area contributed by atoms with Gasteiger partial charge in [0.05, 0.1) is 0 Å². The van der Waals surface area contributed by atoms with Crippen molar-refractivity contribution in [2.24, 2.45) is 5.73 Å². The van der Waals surface area contributed by atoms with Crippen molar-refractivity contribution in [2.75, 3.05) is 5.32 Å². The molecule has 14 heavy (non-hydrogen) atoms. The van der Waals surface area contributed by atoms with Crippen LogP contribution in [0.1, 0.15) is 5.01 Å². The number of hydrogen-bond donors (Lipinski definition) is 2. The van der Waals surface area contributed by atoms with Crippen molar-refractivity contribution in [3.63, 3.8) is 0 Å². The van der Waals surface area contributed by atoms with Crippen LogP contribution in [-0.4, -0.2) is 22.0 Å². The molecule has 1 aromatic rings. The van der Waals surface area contributed by atoms with Crippen LogP contribution in [0.2, 0.25) is 0 Å². The van der Waals surface area contributed by atoms with E-state index < -0.39 is 11.8 Å². The predicted octanol–water partition coefficient (Wildman–Crippen LogP) is -0.173. The molecule has 2 amide bonds. The van der Waals surface area contributed by atoms with Crippen LogP contribution in [-0.2, 0) is 9.59 Å². The van der Waals surface area contributed by atoms with Crippen molar-refractivity contribution in [2.45, 2.75) is 6.92 Å². The Labute approximate surface area is 83.8 Å². The first-order chi connectivity index (χ1) is 6.58. The maximum absolute atomic E-state index is 11.1. The Kier molecular flexibility index (Phi) is 3.29. The number of aromatic nitrogens is 2. The molecule has 0 aliphatic heterocycles. The van der Waals surface area contributed by atoms with Crippen LogP contribution in [0.4, 0.5) is 5.13 Å². The van der Waals surface area contributed by atoms with Crippen molar-refractivity contribution in [3.05, 3.63) is 17.2 Å². The van der Waals surface area contributed by atoms with Gasteiger partial charge in [0, 0.05) is 12.2 Å². The van der Waals surface area contributed by atoms with Crippen LogP contribution in [0.5, 0.6) is 0 Å². The molecule has 0 aliphatic rings. The first kappa shape index (κ1) is 10.3. The first-order valence-corrected chi connectivity index (χ1v) is 4.48. The molecule has 0 saturated carbocycles. The molecule has 0 aliphatic carbocycles. The highest BCUT2D eigenvalue weighted by Gasteiger charge is 2.02. The van der Waals surface area contributed by atoms with E-state index in [-0.39, 0.29) is 0 Å². The molecule has 3 N–H and O–H groups in total. The summed E-state index contributed by atoms with van der Waals surface area (Å²) in [5, 5.41) is 10.9. The molecule has 74 valence electrons. The second kappa shape index (κ2) is 4.47. The third-order valence-electron chi connectivity index (χ3n) is 1.16. The number of nitrogens with one attached hydrogen (secondary N) is 1. The quantitative estimate of drug-likeness (QED) is 0.679. The molecular formula is C7H8N4O2S. The maximum atomic E-state index is 11.1. The van der Waals surface area contributed by atoms with E-state index in [9.17, 15) is 9.59 Å². The number of primary amides is 1. The number of nitrogens with two attached hydrogens (primary N) is 1. The molecular weight excluding hydrogens is 204 g/mol. The molecule has 0 fully saturated rings. The van der Waals surface area contributed by atoms with Crippen molar-refractivity contribution in [3.8, 4) is 0 Å². The van der Waals surface area contributed by atoms with Crippen molar-refractivity contribution >= 4 is 28.3 Å². The standard InChI is InChI=1S/C7H8N4O2S/c1-4-10-11-7(14-4)9-6(13)3-2-5(8)12/h2-3H,1H3,(H2,8,12)(H,9,11,13). The van der Waals surface area contributed by atoms with Gasteiger partial charge in [-0.25, -0.2) is 0 Å². The highest BCUT2D eigenvalue weighted by atomic mass is 32.1. The van der Waals surface area contributed by atoms with Crippen LogP contribution in [0.25, 0.3) is 0 Å². The molecule has 0 radical (unpaired) electrons. The lowest BCUT2D eigenvalue weighted by atomic mass is 10.4. The van der Waals surface area contributed by atoms with E-state index in [0.717, 1.165) is 17.2 Å². The lowest BCUT2D eigenvalue weighted by molar-refractivity contribution is -0.115. The Morgan fingerprint density at radius 3 is 2.64 bits per heavy atom. The maximum Gasteiger partial charge on any atom is 0.250 e. The van der Waals surface area contributed by atoms with Gasteiger partial charge in [-0.2, -0.15) is 0 Å². The fourth-order valence-electron chi connectivity index (χ4n) is 0.652. The summed E-state index contributed by atoms with van der Waals surface area (Å²) < 4.78 is 0. The van der Waals surface area contributed by atoms with Crippen LogP contribution in [0.15, 0.2) is 12.2 Å². The van der Waals surface area contributed by atoms with Gasteiger partial charge in [0.1, 0.15) is 5.01 Å². The minimum atomic E-state index is -0.673. The van der Waals surface area contributed by atoms with Crippen molar-refractivity contribution in [1.82, 2.24) is 10.2 Å². The van der Waals surface area contributed by atoms with Gasteiger partial charge in [0.25, 0.3) is 0 Å². The predicted molar refractivity (Wildman–Crippen MR) is 51.6 cm³/mol. The van der Waals surface area contributed by atoms with E-state index in [1.54, 1.807) is 6.92 Å². The fraction of sp³-hybridized carbons (Fsp3) is 0.143. The SMILES string of the molecule is Cc1nnc(NC(=O)C=CC(N)=O)s1. The smallest absolute Gasteiger partial charge is 0.250 e. The Balaban J connectivity index is 2.53. The van der Waals surface area contributed by atoms with Crippen LogP contribution in [0.3, 0.4) is 0 Å². The number of carbonyl (C=O) groups is 2. The number of amides is 2. The van der Waals surface area contributed by atoms with Crippen LogP contribution in [0, 0.1) is 6.92 Å². The summed E-state index contributed by atoms with van der Waals surface area (Å²) in [6.07, 6.45) is 2.02. The third-order valence-corrected chi connectivity index (χ3v) is 1.91. The number of anilines is 1. The molecule has 0 bridgehead atoms. The van der Waals surface area contributed by atoms with Crippen molar-refractivity contribution in [1.29, 1.82) is 0 Å². The topological polar surface area (TPSA) is 98.0 Å². The first-order valence-electron chi connectivity index (χ1n) is 3.66. The molecule has 0 spiro atoms. The van der Waals surface area contributed by atoms with E-state index in [1.165, 1.54) is 11.3 Å². The largest absolute Gasteiger partial charge is 0.366 e. The zero-order valence-electron chi connectivity index (χ0n) is 7.35. The molecule has 1 aromatic heterocycles. The van der Waals surface area contributed by atoms with Gasteiger partial charge < -0.3 is 5.73 Å². The fourth-order valence-corrected chi connectivity index (χ4v) is 1.25. The summed E-state index contributed by atoms with van der Waals surface area (Å²) in [6.45, 7) is 1.77. The van der Waals surface area contributed by atoms with E-state index in [4.69, 9.17) is 5.73 Å². The summed E-state index contributed by atoms with van der Waals surface area (Å²) >= 11 is 1.25. The summed E-state index contributed by atoms with van der Waals surface area (Å²) in [7, 11) is 0. The minimum Gasteiger partial charge on any atom is -0.366 e. The second-order valence-electron chi connectivity index (χ2n) is 2.35. The normalized spacial score (nSPS) is 10.4. The van der Waals surface area contributed by atoms with Gasteiger partial charge in [-0.3, -0.25) is 14.9 Å². The van der Waals surface area contributed by atoms with Gasteiger partial charge >= 0.3 is 0 Å².